The Morgan fingerprint density at radius 3 is 3.08 bits per heavy atom. The fourth-order valence-electron chi connectivity index (χ4n) is 2.40. The lowest BCUT2D eigenvalue weighted by Gasteiger charge is -2.06. The van der Waals surface area contributed by atoms with Crippen LogP contribution in [0.25, 0.3) is 15.9 Å². The number of hydrogen-bond donors (Lipinski definition) is 1. The third-order valence-corrected chi connectivity index (χ3v) is 4.40. The fraction of sp³-hybridized carbons (Fsp3) is 0.133. The molecule has 0 aliphatic rings. The van der Waals surface area contributed by atoms with Crippen molar-refractivity contribution in [1.82, 2.24) is 24.1 Å². The average molecular weight is 340 g/mol. The molecular formula is C15H12N6O2S. The van der Waals surface area contributed by atoms with Crippen molar-refractivity contribution < 1.29 is 4.79 Å². The van der Waals surface area contributed by atoms with Crippen LogP contribution in [0.1, 0.15) is 5.56 Å². The van der Waals surface area contributed by atoms with Crippen LogP contribution in [-0.4, -0.2) is 30.1 Å². The number of carbonyl (C=O) groups is 1. The molecule has 9 heteroatoms. The molecule has 4 aromatic rings. The molecular weight excluding hydrogens is 328 g/mol. The number of nitrogens with one attached hydrogen (secondary N) is 1. The zero-order valence-electron chi connectivity index (χ0n) is 12.6. The van der Waals surface area contributed by atoms with Gasteiger partial charge in [-0.15, -0.1) is 21.5 Å². The molecule has 1 amide bonds. The first-order valence-electron chi connectivity index (χ1n) is 7.16. The van der Waals surface area contributed by atoms with Crippen molar-refractivity contribution in [3.05, 3.63) is 52.0 Å². The van der Waals surface area contributed by atoms with E-state index in [1.54, 1.807) is 22.0 Å². The summed E-state index contributed by atoms with van der Waals surface area (Å²) < 4.78 is 2.95. The van der Waals surface area contributed by atoms with Gasteiger partial charge in [0.15, 0.2) is 5.65 Å². The van der Waals surface area contributed by atoms with Crippen LogP contribution >= 0.6 is 11.3 Å². The highest BCUT2D eigenvalue weighted by Crippen LogP contribution is 2.13. The van der Waals surface area contributed by atoms with Gasteiger partial charge in [-0.1, -0.05) is 0 Å². The molecule has 0 aliphatic carbocycles. The third-order valence-electron chi connectivity index (χ3n) is 3.58. The first-order chi connectivity index (χ1) is 11.6. The van der Waals surface area contributed by atoms with Gasteiger partial charge in [-0.3, -0.25) is 23.9 Å². The molecule has 0 spiro atoms. The lowest BCUT2D eigenvalue weighted by molar-refractivity contribution is -0.116. The maximum absolute atomic E-state index is 12.3. The molecule has 120 valence electrons. The smallest absolute Gasteiger partial charge is 0.262 e. The monoisotopic (exact) mass is 340 g/mol. The maximum Gasteiger partial charge on any atom is 0.262 e. The minimum Gasteiger partial charge on any atom is -0.293 e. The number of amides is 1. The summed E-state index contributed by atoms with van der Waals surface area (Å²) in [4.78, 5) is 29.4. The topological polar surface area (TPSA) is 94.2 Å². The van der Waals surface area contributed by atoms with Crippen LogP contribution in [-0.2, 0) is 11.3 Å². The number of aryl methyl sites for hydroxylation is 1. The van der Waals surface area contributed by atoms with E-state index in [-0.39, 0.29) is 18.0 Å². The lowest BCUT2D eigenvalue weighted by atomic mass is 10.3. The van der Waals surface area contributed by atoms with Crippen molar-refractivity contribution in [2.75, 3.05) is 5.32 Å². The number of anilines is 1. The normalized spacial score (nSPS) is 11.2. The molecule has 8 nitrogen and oxygen atoms in total. The third kappa shape index (κ3) is 2.44. The van der Waals surface area contributed by atoms with Gasteiger partial charge in [-0.2, -0.15) is 0 Å². The molecule has 1 N–H and O–H groups in total. The van der Waals surface area contributed by atoms with E-state index in [0.717, 1.165) is 5.56 Å². The van der Waals surface area contributed by atoms with Gasteiger partial charge in [-0.25, -0.2) is 4.98 Å². The number of fused-ring (bicyclic) bond motifs is 2. The Hall–Kier alpha value is -3.07. The molecule has 0 aliphatic heterocycles. The van der Waals surface area contributed by atoms with Crippen LogP contribution in [0.4, 0.5) is 5.95 Å². The molecule has 0 fully saturated rings. The van der Waals surface area contributed by atoms with Crippen LogP contribution < -0.4 is 10.9 Å². The Balaban J connectivity index is 1.59. The summed E-state index contributed by atoms with van der Waals surface area (Å²) in [6, 6.07) is 5.46. The second kappa shape index (κ2) is 5.53. The summed E-state index contributed by atoms with van der Waals surface area (Å²) in [5.74, 6) is -0.0593. The van der Waals surface area contributed by atoms with Crippen LogP contribution in [0, 0.1) is 6.92 Å². The molecule has 24 heavy (non-hydrogen) atoms. The van der Waals surface area contributed by atoms with Crippen molar-refractivity contribution in [2.45, 2.75) is 13.5 Å². The second-order valence-electron chi connectivity index (χ2n) is 5.32. The maximum atomic E-state index is 12.3. The van der Waals surface area contributed by atoms with Gasteiger partial charge in [-0.05, 0) is 36.1 Å². The Labute approximate surface area is 139 Å². The Bertz CT molecular complexity index is 1130. The predicted octanol–water partition coefficient (Wildman–Crippen LogP) is 1.45. The van der Waals surface area contributed by atoms with Crippen LogP contribution in [0.15, 0.2) is 40.9 Å². The lowest BCUT2D eigenvalue weighted by Crippen LogP contribution is -2.28. The highest BCUT2D eigenvalue weighted by atomic mass is 32.1. The highest BCUT2D eigenvalue weighted by Gasteiger charge is 2.12. The number of aromatic nitrogens is 5. The van der Waals surface area contributed by atoms with E-state index < -0.39 is 0 Å². The molecule has 0 saturated heterocycles. The van der Waals surface area contributed by atoms with Crippen LogP contribution in [0.5, 0.6) is 0 Å². The molecule has 0 saturated carbocycles. The SMILES string of the molecule is Cc1ccn2c(NC(=O)Cn3cnc4sccc4c3=O)nnc2c1. The van der Waals surface area contributed by atoms with Gasteiger partial charge in [0.25, 0.3) is 5.56 Å². The van der Waals surface area contributed by atoms with Crippen molar-refractivity contribution in [3.8, 4) is 0 Å². The largest absolute Gasteiger partial charge is 0.293 e. The number of pyridine rings is 1. The van der Waals surface area contributed by atoms with Gasteiger partial charge in [0.1, 0.15) is 11.4 Å². The van der Waals surface area contributed by atoms with E-state index in [1.807, 2.05) is 19.1 Å². The second-order valence-corrected chi connectivity index (χ2v) is 6.22. The summed E-state index contributed by atoms with van der Waals surface area (Å²) in [5, 5.41) is 13.0. The van der Waals surface area contributed by atoms with Gasteiger partial charge < -0.3 is 0 Å². The van der Waals surface area contributed by atoms with Crippen molar-refractivity contribution in [2.24, 2.45) is 0 Å². The number of carbonyl (C=O) groups excluding carboxylic acids is 1. The first kappa shape index (κ1) is 14.5. The van der Waals surface area contributed by atoms with Gasteiger partial charge in [0.2, 0.25) is 11.9 Å². The fourth-order valence-corrected chi connectivity index (χ4v) is 3.13. The number of hydrogen-bond acceptors (Lipinski definition) is 6. The van der Waals surface area contributed by atoms with Gasteiger partial charge in [0, 0.05) is 6.20 Å². The van der Waals surface area contributed by atoms with E-state index in [4.69, 9.17) is 0 Å². The van der Waals surface area contributed by atoms with E-state index >= 15 is 0 Å². The molecule has 0 radical (unpaired) electrons. The minimum absolute atomic E-state index is 0.140. The molecule has 4 aromatic heterocycles. The summed E-state index contributed by atoms with van der Waals surface area (Å²) in [6.07, 6.45) is 3.16. The minimum atomic E-state index is -0.372. The summed E-state index contributed by atoms with van der Waals surface area (Å²) in [5.41, 5.74) is 1.46. The van der Waals surface area contributed by atoms with Gasteiger partial charge >= 0.3 is 0 Å². The zero-order chi connectivity index (χ0) is 16.7. The van der Waals surface area contributed by atoms with Crippen molar-refractivity contribution in [3.63, 3.8) is 0 Å². The molecule has 0 aromatic carbocycles. The first-order valence-corrected chi connectivity index (χ1v) is 8.04. The van der Waals surface area contributed by atoms with E-state index in [2.05, 4.69) is 20.5 Å². The highest BCUT2D eigenvalue weighted by molar-refractivity contribution is 7.16. The standard InChI is InChI=1S/C15H12N6O2S/c1-9-2-4-21-11(6-9)18-19-15(21)17-12(22)7-20-8-16-13-10(14(20)23)3-5-24-13/h2-6,8H,7H2,1H3,(H,17,19,22). The van der Waals surface area contributed by atoms with Crippen molar-refractivity contribution >= 4 is 39.1 Å². The van der Waals surface area contributed by atoms with E-state index in [9.17, 15) is 9.59 Å². The van der Waals surface area contributed by atoms with E-state index in [0.29, 0.717) is 21.8 Å². The van der Waals surface area contributed by atoms with Crippen LogP contribution in [0.3, 0.4) is 0 Å². The summed E-state index contributed by atoms with van der Waals surface area (Å²) in [6.45, 7) is 1.81. The Kier molecular flexibility index (Phi) is 3.35. The number of rotatable bonds is 3. The Morgan fingerprint density at radius 2 is 2.21 bits per heavy atom. The van der Waals surface area contributed by atoms with Gasteiger partial charge in [0.05, 0.1) is 11.7 Å². The predicted molar refractivity (Wildman–Crippen MR) is 90.2 cm³/mol. The molecule has 0 unspecified atom stereocenters. The zero-order valence-corrected chi connectivity index (χ0v) is 13.4. The molecule has 4 heterocycles. The summed E-state index contributed by atoms with van der Waals surface area (Å²) >= 11 is 1.39. The number of nitrogens with zero attached hydrogens (tertiary/aromatic N) is 5. The number of thiophene rings is 1. The quantitative estimate of drug-likeness (QED) is 0.609. The molecule has 0 bridgehead atoms. The van der Waals surface area contributed by atoms with Crippen LogP contribution in [0.2, 0.25) is 0 Å². The molecule has 4 rings (SSSR count). The van der Waals surface area contributed by atoms with Crippen molar-refractivity contribution in [1.29, 1.82) is 0 Å². The average Bonchev–Trinajstić information content (AvgIpc) is 3.17. The molecule has 0 atom stereocenters. The van der Waals surface area contributed by atoms with E-state index in [1.165, 1.54) is 22.2 Å². The Morgan fingerprint density at radius 1 is 1.33 bits per heavy atom. The summed E-state index contributed by atoms with van der Waals surface area (Å²) in [7, 11) is 0.